The van der Waals surface area contributed by atoms with Crippen LogP contribution in [0.15, 0.2) is 6.07 Å². The van der Waals surface area contributed by atoms with Crippen LogP contribution in [0.25, 0.3) is 0 Å². The molecule has 1 saturated carbocycles. The van der Waals surface area contributed by atoms with Crippen molar-refractivity contribution in [2.75, 3.05) is 13.2 Å². The number of nitrogens with zero attached hydrogens (tertiary/aromatic N) is 1. The molecule has 82 valence electrons. The van der Waals surface area contributed by atoms with Crippen molar-refractivity contribution in [1.82, 2.24) is 9.97 Å². The number of aromatic amines is 1. The van der Waals surface area contributed by atoms with Gasteiger partial charge in [-0.25, -0.2) is 4.98 Å². The molecule has 1 N–H and O–H groups in total. The lowest BCUT2D eigenvalue weighted by Crippen LogP contribution is -2.04. The molecule has 1 heterocycles. The minimum Gasteiger partial charge on any atom is -0.381 e. The van der Waals surface area contributed by atoms with Crippen molar-refractivity contribution in [2.45, 2.75) is 32.1 Å². The average Bonchev–Trinajstić information content (AvgIpc) is 3.00. The fourth-order valence-electron chi connectivity index (χ4n) is 1.57. The number of ether oxygens (including phenoxy) is 1. The van der Waals surface area contributed by atoms with E-state index >= 15 is 0 Å². The second kappa shape index (κ2) is 4.86. The average molecular weight is 224 g/mol. The van der Waals surface area contributed by atoms with Gasteiger partial charge in [0.25, 0.3) is 0 Å². The summed E-state index contributed by atoms with van der Waals surface area (Å²) >= 11 is 5.14. The summed E-state index contributed by atoms with van der Waals surface area (Å²) in [6, 6.07) is 1.98. The number of hydrogen-bond donors (Lipinski definition) is 1. The van der Waals surface area contributed by atoms with Gasteiger partial charge in [0.15, 0.2) is 0 Å². The van der Waals surface area contributed by atoms with E-state index in [-0.39, 0.29) is 0 Å². The number of rotatable bonds is 5. The van der Waals surface area contributed by atoms with Crippen LogP contribution in [-0.4, -0.2) is 23.2 Å². The van der Waals surface area contributed by atoms with Gasteiger partial charge < -0.3 is 9.72 Å². The predicted octanol–water partition coefficient (Wildman–Crippen LogP) is 2.60. The van der Waals surface area contributed by atoms with Crippen LogP contribution in [0, 0.1) is 4.64 Å². The number of H-pyrrole nitrogens is 1. The Labute approximate surface area is 94.9 Å². The highest BCUT2D eigenvalue weighted by Gasteiger charge is 2.24. The molecule has 0 saturated heterocycles. The highest BCUT2D eigenvalue weighted by molar-refractivity contribution is 7.71. The molecule has 0 radical (unpaired) electrons. The van der Waals surface area contributed by atoms with Gasteiger partial charge in [0.1, 0.15) is 10.5 Å². The van der Waals surface area contributed by atoms with Crippen molar-refractivity contribution >= 4 is 12.2 Å². The van der Waals surface area contributed by atoms with Crippen molar-refractivity contribution < 1.29 is 4.74 Å². The van der Waals surface area contributed by atoms with E-state index < -0.39 is 0 Å². The Kier molecular flexibility index (Phi) is 3.49. The largest absolute Gasteiger partial charge is 0.381 e. The summed E-state index contributed by atoms with van der Waals surface area (Å²) in [6.07, 6.45) is 3.37. The zero-order chi connectivity index (χ0) is 10.7. The summed E-state index contributed by atoms with van der Waals surface area (Å²) in [6.45, 7) is 3.46. The minimum atomic E-state index is 0.695. The van der Waals surface area contributed by atoms with E-state index in [0.717, 1.165) is 18.9 Å². The van der Waals surface area contributed by atoms with Crippen molar-refractivity contribution in [3.8, 4) is 0 Å². The standard InChI is InChI=1S/C11H16N2OS/c1-2-14-6-5-10-12-9(8-3-4-8)7-11(15)13-10/h7-8H,2-6H2,1H3,(H,12,13,15). The van der Waals surface area contributed by atoms with Gasteiger partial charge in [0, 0.05) is 18.7 Å². The molecule has 0 unspecified atom stereocenters. The van der Waals surface area contributed by atoms with E-state index in [0.29, 0.717) is 17.2 Å². The first-order valence-electron chi connectivity index (χ1n) is 5.47. The lowest BCUT2D eigenvalue weighted by Gasteiger charge is -2.04. The summed E-state index contributed by atoms with van der Waals surface area (Å²) in [5.41, 5.74) is 1.25. The molecule has 0 aliphatic heterocycles. The molecule has 0 amide bonds. The summed E-state index contributed by atoms with van der Waals surface area (Å²) in [5.74, 6) is 1.65. The van der Waals surface area contributed by atoms with Crippen molar-refractivity contribution in [3.05, 3.63) is 22.2 Å². The van der Waals surface area contributed by atoms with Crippen LogP contribution < -0.4 is 0 Å². The van der Waals surface area contributed by atoms with Crippen LogP contribution in [0.3, 0.4) is 0 Å². The van der Waals surface area contributed by atoms with Crippen LogP contribution in [0.5, 0.6) is 0 Å². The molecule has 1 aromatic rings. The van der Waals surface area contributed by atoms with Gasteiger partial charge in [-0.05, 0) is 31.7 Å². The second-order valence-electron chi connectivity index (χ2n) is 3.84. The molecular formula is C11H16N2OS. The molecule has 0 aromatic carbocycles. The van der Waals surface area contributed by atoms with Gasteiger partial charge in [0.2, 0.25) is 0 Å². The van der Waals surface area contributed by atoms with Crippen LogP contribution in [0.1, 0.15) is 37.2 Å². The third-order valence-electron chi connectivity index (χ3n) is 2.52. The Balaban J connectivity index is 2.06. The van der Waals surface area contributed by atoms with E-state index in [2.05, 4.69) is 9.97 Å². The molecule has 1 aromatic heterocycles. The normalized spacial score (nSPS) is 15.5. The lowest BCUT2D eigenvalue weighted by molar-refractivity contribution is 0.149. The monoisotopic (exact) mass is 224 g/mol. The first kappa shape index (κ1) is 10.8. The van der Waals surface area contributed by atoms with Crippen molar-refractivity contribution in [3.63, 3.8) is 0 Å². The van der Waals surface area contributed by atoms with E-state index in [1.54, 1.807) is 0 Å². The van der Waals surface area contributed by atoms with Gasteiger partial charge in [-0.3, -0.25) is 0 Å². The molecule has 1 aliphatic carbocycles. The number of hydrogen-bond acceptors (Lipinski definition) is 3. The summed E-state index contributed by atoms with van der Waals surface area (Å²) in [7, 11) is 0. The molecule has 0 bridgehead atoms. The predicted molar refractivity (Wildman–Crippen MR) is 61.6 cm³/mol. The summed E-state index contributed by atoms with van der Waals surface area (Å²) < 4.78 is 6.00. The zero-order valence-corrected chi connectivity index (χ0v) is 9.77. The topological polar surface area (TPSA) is 37.9 Å². The Hall–Kier alpha value is -0.740. The van der Waals surface area contributed by atoms with Gasteiger partial charge in [-0.2, -0.15) is 0 Å². The molecule has 0 spiro atoms. The van der Waals surface area contributed by atoms with Crippen LogP contribution in [0.2, 0.25) is 0 Å². The fraction of sp³-hybridized carbons (Fsp3) is 0.636. The highest BCUT2D eigenvalue weighted by Crippen LogP contribution is 2.38. The second-order valence-corrected chi connectivity index (χ2v) is 4.26. The molecular weight excluding hydrogens is 208 g/mol. The Bertz CT molecular complexity index is 384. The van der Waals surface area contributed by atoms with Gasteiger partial charge >= 0.3 is 0 Å². The first-order valence-corrected chi connectivity index (χ1v) is 5.88. The maximum Gasteiger partial charge on any atom is 0.129 e. The molecule has 0 atom stereocenters. The third-order valence-corrected chi connectivity index (χ3v) is 2.73. The molecule has 2 rings (SSSR count). The van der Waals surface area contributed by atoms with E-state index in [4.69, 9.17) is 17.0 Å². The Morgan fingerprint density at radius 2 is 2.40 bits per heavy atom. The Morgan fingerprint density at radius 3 is 3.07 bits per heavy atom. The third kappa shape index (κ3) is 3.11. The van der Waals surface area contributed by atoms with Crippen molar-refractivity contribution in [1.29, 1.82) is 0 Å². The highest BCUT2D eigenvalue weighted by atomic mass is 32.1. The number of aromatic nitrogens is 2. The molecule has 3 nitrogen and oxygen atoms in total. The number of nitrogens with one attached hydrogen (secondary N) is 1. The molecule has 15 heavy (non-hydrogen) atoms. The smallest absolute Gasteiger partial charge is 0.129 e. The Morgan fingerprint density at radius 1 is 1.60 bits per heavy atom. The van der Waals surface area contributed by atoms with Crippen molar-refractivity contribution in [2.24, 2.45) is 0 Å². The SMILES string of the molecule is CCOCCc1nc(=S)cc(C2CC2)[nH]1. The maximum atomic E-state index is 5.30. The van der Waals surface area contributed by atoms with Gasteiger partial charge in [-0.1, -0.05) is 12.2 Å². The summed E-state index contributed by atoms with van der Waals surface area (Å²) in [5, 5.41) is 0. The lowest BCUT2D eigenvalue weighted by atomic mass is 10.3. The minimum absolute atomic E-state index is 0.695. The van der Waals surface area contributed by atoms with Crippen LogP contribution >= 0.6 is 12.2 Å². The zero-order valence-electron chi connectivity index (χ0n) is 8.95. The van der Waals surface area contributed by atoms with Gasteiger partial charge in [0.05, 0.1) is 6.61 Å². The summed E-state index contributed by atoms with van der Waals surface area (Å²) in [4.78, 5) is 7.64. The molecule has 4 heteroatoms. The van der Waals surface area contributed by atoms with E-state index in [1.165, 1.54) is 18.5 Å². The van der Waals surface area contributed by atoms with E-state index in [9.17, 15) is 0 Å². The molecule has 1 aliphatic rings. The van der Waals surface area contributed by atoms with Crippen LogP contribution in [0.4, 0.5) is 0 Å². The first-order chi connectivity index (χ1) is 7.29. The van der Waals surface area contributed by atoms with Gasteiger partial charge in [-0.15, -0.1) is 0 Å². The van der Waals surface area contributed by atoms with Crippen LogP contribution in [-0.2, 0) is 11.2 Å². The quantitative estimate of drug-likeness (QED) is 0.617. The maximum absolute atomic E-state index is 5.30. The fourth-order valence-corrected chi connectivity index (χ4v) is 1.81. The molecule has 1 fully saturated rings. The van der Waals surface area contributed by atoms with E-state index in [1.807, 2.05) is 13.0 Å².